The van der Waals surface area contributed by atoms with E-state index in [-0.39, 0.29) is 18.4 Å². The molecule has 1 saturated heterocycles. The molecule has 1 heterocycles. The Balaban J connectivity index is 2.36. The highest BCUT2D eigenvalue weighted by atomic mass is 35.5. The monoisotopic (exact) mass is 282 g/mol. The first-order valence-electron chi connectivity index (χ1n) is 5.89. The highest BCUT2D eigenvalue weighted by Gasteiger charge is 2.39. The van der Waals surface area contributed by atoms with Gasteiger partial charge in [0.05, 0.1) is 6.04 Å². The molecule has 0 aliphatic carbocycles. The Hall–Kier alpha value is -1.59. The second-order valence-electron chi connectivity index (χ2n) is 4.35. The summed E-state index contributed by atoms with van der Waals surface area (Å²) in [6, 6.07) is 6.59. The molecule has 2 atom stereocenters. The van der Waals surface area contributed by atoms with Gasteiger partial charge in [-0.05, 0) is 17.7 Å². The van der Waals surface area contributed by atoms with Gasteiger partial charge in [0.25, 0.3) is 5.91 Å². The average molecular weight is 283 g/mol. The minimum Gasteiger partial charge on any atom is -0.357 e. The summed E-state index contributed by atoms with van der Waals surface area (Å²) in [6.45, 7) is -0.0846. The van der Waals surface area contributed by atoms with Gasteiger partial charge in [-0.25, -0.2) is 0 Å². The van der Waals surface area contributed by atoms with Crippen molar-refractivity contribution in [3.05, 3.63) is 34.9 Å². The quantitative estimate of drug-likeness (QED) is 0.880. The van der Waals surface area contributed by atoms with Crippen LogP contribution in [0.2, 0.25) is 5.02 Å². The third kappa shape index (κ3) is 2.72. The van der Waals surface area contributed by atoms with Crippen molar-refractivity contribution in [3.63, 3.8) is 0 Å². The molecule has 0 aromatic heterocycles. The molecule has 1 aliphatic heterocycles. The summed E-state index contributed by atoms with van der Waals surface area (Å²) in [5.74, 6) is -0.403. The minimum absolute atomic E-state index is 0.0846. The van der Waals surface area contributed by atoms with Crippen LogP contribution < -0.4 is 5.32 Å². The molecular formula is C13H15ClN2O3. The van der Waals surface area contributed by atoms with Crippen molar-refractivity contribution < 1.29 is 14.3 Å². The number of amides is 2. The SMILES string of the molecule is CNC(=O)[C@H]1OCC(=O)N(C)[C@H]1c1ccc(Cl)cc1. The van der Waals surface area contributed by atoms with E-state index in [0.717, 1.165) is 5.56 Å². The molecule has 1 fully saturated rings. The van der Waals surface area contributed by atoms with Crippen LogP contribution in [-0.2, 0) is 14.3 Å². The fourth-order valence-corrected chi connectivity index (χ4v) is 2.26. The second kappa shape index (κ2) is 5.59. The van der Waals surface area contributed by atoms with Crippen molar-refractivity contribution in [1.29, 1.82) is 0 Å². The summed E-state index contributed by atoms with van der Waals surface area (Å²) < 4.78 is 5.37. The van der Waals surface area contributed by atoms with Gasteiger partial charge in [0.2, 0.25) is 5.91 Å². The summed E-state index contributed by atoms with van der Waals surface area (Å²) in [4.78, 5) is 25.1. The van der Waals surface area contributed by atoms with Gasteiger partial charge in [-0.15, -0.1) is 0 Å². The van der Waals surface area contributed by atoms with Crippen molar-refractivity contribution in [1.82, 2.24) is 10.2 Å². The van der Waals surface area contributed by atoms with Crippen molar-refractivity contribution in [2.24, 2.45) is 0 Å². The summed E-state index contributed by atoms with van der Waals surface area (Å²) in [5.41, 5.74) is 0.813. The largest absolute Gasteiger partial charge is 0.357 e. The number of likely N-dealkylation sites (N-methyl/N-ethyl adjacent to an activating group) is 2. The van der Waals surface area contributed by atoms with Crippen LogP contribution >= 0.6 is 11.6 Å². The molecule has 0 spiro atoms. The van der Waals surface area contributed by atoms with Gasteiger partial charge in [0.15, 0.2) is 6.10 Å². The normalized spacial score (nSPS) is 23.3. The number of hydrogen-bond acceptors (Lipinski definition) is 3. The number of rotatable bonds is 2. The van der Waals surface area contributed by atoms with Crippen molar-refractivity contribution >= 4 is 23.4 Å². The predicted octanol–water partition coefficient (Wildman–Crippen LogP) is 0.984. The van der Waals surface area contributed by atoms with E-state index >= 15 is 0 Å². The highest BCUT2D eigenvalue weighted by molar-refractivity contribution is 6.30. The highest BCUT2D eigenvalue weighted by Crippen LogP contribution is 2.29. The predicted molar refractivity (Wildman–Crippen MR) is 70.8 cm³/mol. The molecule has 1 aromatic carbocycles. The molecule has 0 unspecified atom stereocenters. The van der Waals surface area contributed by atoms with Gasteiger partial charge < -0.3 is 15.0 Å². The number of benzene rings is 1. The number of halogens is 1. The zero-order valence-corrected chi connectivity index (χ0v) is 11.5. The molecule has 0 saturated carbocycles. The lowest BCUT2D eigenvalue weighted by Crippen LogP contribution is -2.52. The van der Waals surface area contributed by atoms with E-state index in [0.29, 0.717) is 5.02 Å². The zero-order chi connectivity index (χ0) is 14.0. The Morgan fingerprint density at radius 3 is 2.63 bits per heavy atom. The van der Waals surface area contributed by atoms with Gasteiger partial charge >= 0.3 is 0 Å². The molecule has 2 rings (SSSR count). The fraction of sp³-hybridized carbons (Fsp3) is 0.385. The standard InChI is InChI=1S/C13H15ClN2O3/c1-15-13(18)12-11(16(2)10(17)7-19-12)8-3-5-9(14)6-4-8/h3-6,11-12H,7H2,1-2H3,(H,15,18)/t11-,12-/m0/s1. The molecule has 6 heteroatoms. The van der Waals surface area contributed by atoms with E-state index in [4.69, 9.17) is 16.3 Å². The van der Waals surface area contributed by atoms with Crippen LogP contribution in [0.5, 0.6) is 0 Å². The van der Waals surface area contributed by atoms with Crippen LogP contribution in [0, 0.1) is 0 Å². The van der Waals surface area contributed by atoms with Crippen LogP contribution in [0.25, 0.3) is 0 Å². The Morgan fingerprint density at radius 1 is 1.42 bits per heavy atom. The van der Waals surface area contributed by atoms with Crippen molar-refractivity contribution in [3.8, 4) is 0 Å². The molecule has 2 amide bonds. The third-order valence-electron chi connectivity index (χ3n) is 3.20. The zero-order valence-electron chi connectivity index (χ0n) is 10.7. The number of nitrogens with zero attached hydrogens (tertiary/aromatic N) is 1. The van der Waals surface area contributed by atoms with Crippen LogP contribution in [0.4, 0.5) is 0 Å². The van der Waals surface area contributed by atoms with Crippen LogP contribution in [0.15, 0.2) is 24.3 Å². The maximum Gasteiger partial charge on any atom is 0.251 e. The third-order valence-corrected chi connectivity index (χ3v) is 3.45. The molecule has 0 bridgehead atoms. The van der Waals surface area contributed by atoms with E-state index < -0.39 is 12.1 Å². The molecule has 102 valence electrons. The van der Waals surface area contributed by atoms with Crippen LogP contribution in [-0.4, -0.2) is 43.5 Å². The van der Waals surface area contributed by atoms with Gasteiger partial charge in [-0.2, -0.15) is 0 Å². The number of nitrogens with one attached hydrogen (secondary N) is 1. The van der Waals surface area contributed by atoms with E-state index in [1.165, 1.54) is 4.90 Å². The van der Waals surface area contributed by atoms with Gasteiger partial charge in [0.1, 0.15) is 6.61 Å². The fourth-order valence-electron chi connectivity index (χ4n) is 2.13. The average Bonchev–Trinajstić information content (AvgIpc) is 2.42. The maximum absolute atomic E-state index is 11.9. The van der Waals surface area contributed by atoms with E-state index in [1.807, 2.05) is 0 Å². The molecule has 1 aromatic rings. The lowest BCUT2D eigenvalue weighted by molar-refractivity contribution is -0.161. The smallest absolute Gasteiger partial charge is 0.251 e. The van der Waals surface area contributed by atoms with E-state index in [2.05, 4.69) is 5.32 Å². The molecule has 0 radical (unpaired) electrons. The minimum atomic E-state index is -0.714. The van der Waals surface area contributed by atoms with Crippen molar-refractivity contribution in [2.75, 3.05) is 20.7 Å². The van der Waals surface area contributed by atoms with Crippen LogP contribution in [0.1, 0.15) is 11.6 Å². The van der Waals surface area contributed by atoms with Crippen molar-refractivity contribution in [2.45, 2.75) is 12.1 Å². The molecule has 1 N–H and O–H groups in total. The molecule has 1 aliphatic rings. The first kappa shape index (κ1) is 13.8. The summed E-state index contributed by atoms with van der Waals surface area (Å²) in [7, 11) is 3.21. The van der Waals surface area contributed by atoms with E-state index in [9.17, 15) is 9.59 Å². The number of morpholine rings is 1. The van der Waals surface area contributed by atoms with E-state index in [1.54, 1.807) is 38.4 Å². The lowest BCUT2D eigenvalue weighted by Gasteiger charge is -2.38. The Kier molecular flexibility index (Phi) is 4.07. The van der Waals surface area contributed by atoms with Gasteiger partial charge in [-0.1, -0.05) is 23.7 Å². The van der Waals surface area contributed by atoms with Gasteiger partial charge in [0, 0.05) is 19.1 Å². The number of hydrogen-bond donors (Lipinski definition) is 1. The summed E-state index contributed by atoms with van der Waals surface area (Å²) in [5, 5.41) is 3.16. The number of ether oxygens (including phenoxy) is 1. The first-order chi connectivity index (χ1) is 9.04. The topological polar surface area (TPSA) is 58.6 Å². The number of carbonyl (C=O) groups is 2. The molecule has 5 nitrogen and oxygen atoms in total. The Labute approximate surface area is 116 Å². The second-order valence-corrected chi connectivity index (χ2v) is 4.78. The molecule has 19 heavy (non-hydrogen) atoms. The lowest BCUT2D eigenvalue weighted by atomic mass is 9.98. The summed E-state index contributed by atoms with van der Waals surface area (Å²) >= 11 is 5.85. The summed E-state index contributed by atoms with van der Waals surface area (Å²) in [6.07, 6.45) is -0.714. The molecular weight excluding hydrogens is 268 g/mol. The Morgan fingerprint density at radius 2 is 2.05 bits per heavy atom. The number of carbonyl (C=O) groups excluding carboxylic acids is 2. The van der Waals surface area contributed by atoms with Crippen LogP contribution in [0.3, 0.4) is 0 Å². The van der Waals surface area contributed by atoms with Gasteiger partial charge in [-0.3, -0.25) is 9.59 Å². The maximum atomic E-state index is 11.9. The first-order valence-corrected chi connectivity index (χ1v) is 6.26. The Bertz CT molecular complexity index is 489.